The molecule has 0 unspecified atom stereocenters. The molecule has 0 amide bonds. The molecule has 10 nitrogen and oxygen atoms in total. The van der Waals surface area contributed by atoms with Gasteiger partial charge in [-0.05, 0) is 72.8 Å². The maximum atomic E-state index is 11.8. The number of hydrogen-bond donors (Lipinski definition) is 1. The summed E-state index contributed by atoms with van der Waals surface area (Å²) in [7, 11) is -5.65. The molecule has 0 saturated heterocycles. The maximum Gasteiger partial charge on any atom is 0.124 e. The van der Waals surface area contributed by atoms with E-state index in [9.17, 15) is 25.9 Å². The first-order chi connectivity index (χ1) is 18.8. The van der Waals surface area contributed by atoms with Gasteiger partial charge in [0.05, 0.1) is 32.6 Å². The zero-order valence-electron chi connectivity index (χ0n) is 21.3. The van der Waals surface area contributed by atoms with Crippen molar-refractivity contribution in [2.75, 3.05) is 24.7 Å². The molecule has 204 valence electrons. The van der Waals surface area contributed by atoms with E-state index in [0.29, 0.717) is 50.4 Å². The minimum absolute atomic E-state index is 0.334. The van der Waals surface area contributed by atoms with Crippen LogP contribution in [0.4, 0.5) is 22.7 Å². The van der Waals surface area contributed by atoms with Gasteiger partial charge in [-0.3, -0.25) is 0 Å². The van der Waals surface area contributed by atoms with Crippen LogP contribution < -0.4 is 10.6 Å². The molecule has 4 aromatic carbocycles. The van der Waals surface area contributed by atoms with Gasteiger partial charge in [0.15, 0.2) is 0 Å². The normalized spacial score (nSPS) is 15.5. The van der Waals surface area contributed by atoms with Crippen LogP contribution in [-0.2, 0) is 20.2 Å². The molecule has 4 aromatic rings. The molecule has 0 aromatic heterocycles. The topological polar surface area (TPSA) is 168 Å². The molecule has 5 rings (SSSR count). The fraction of sp³-hybridized carbons (Fsp3) is 0.0714. The number of anilines is 2. The molecule has 0 heterocycles. The highest BCUT2D eigenvalue weighted by molar-refractivity contribution is 7.86. The Balaban J connectivity index is 1.69. The lowest BCUT2D eigenvalue weighted by atomic mass is 9.93. The van der Waals surface area contributed by atoms with E-state index >= 15 is 0 Å². The van der Waals surface area contributed by atoms with E-state index in [0.717, 1.165) is 5.69 Å². The first kappa shape index (κ1) is 27.2. The van der Waals surface area contributed by atoms with Crippen molar-refractivity contribution in [3.8, 4) is 0 Å². The van der Waals surface area contributed by atoms with E-state index in [-0.39, 0.29) is 0 Å². The quantitative estimate of drug-likeness (QED) is 0.274. The van der Waals surface area contributed by atoms with E-state index in [1.54, 1.807) is 24.3 Å². The fourth-order valence-corrected chi connectivity index (χ4v) is 5.32. The maximum absolute atomic E-state index is 11.8. The summed E-state index contributed by atoms with van der Waals surface area (Å²) in [5.74, 6) is 0. The summed E-state index contributed by atoms with van der Waals surface area (Å²) in [5.41, 5.74) is 10.0. The molecule has 2 N–H and O–H groups in total. The van der Waals surface area contributed by atoms with Crippen LogP contribution in [0.1, 0.15) is 11.1 Å². The van der Waals surface area contributed by atoms with Gasteiger partial charge >= 0.3 is 0 Å². The van der Waals surface area contributed by atoms with Gasteiger partial charge in [0.2, 0.25) is 0 Å². The minimum atomic E-state index is -4.75. The predicted octanol–water partition coefficient (Wildman–Crippen LogP) is 4.11. The van der Waals surface area contributed by atoms with Crippen LogP contribution in [0.3, 0.4) is 0 Å². The van der Waals surface area contributed by atoms with Crippen molar-refractivity contribution >= 4 is 65.2 Å². The third kappa shape index (κ3) is 5.38. The van der Waals surface area contributed by atoms with Crippen LogP contribution in [0, 0.1) is 0 Å². The second-order valence-electron chi connectivity index (χ2n) is 9.24. The third-order valence-corrected chi connectivity index (χ3v) is 8.04. The van der Waals surface area contributed by atoms with E-state index in [1.165, 1.54) is 36.4 Å². The smallest absolute Gasteiger partial charge is 0.124 e. The van der Waals surface area contributed by atoms with Gasteiger partial charge in [0.25, 0.3) is 0 Å². The lowest BCUT2D eigenvalue weighted by molar-refractivity contribution is 0.461. The summed E-state index contributed by atoms with van der Waals surface area (Å²) >= 11 is 0. The monoisotopic (exact) mass is 574 g/mol. The fourth-order valence-electron chi connectivity index (χ4n) is 4.33. The van der Waals surface area contributed by atoms with Crippen molar-refractivity contribution in [3.63, 3.8) is 0 Å². The van der Waals surface area contributed by atoms with Crippen LogP contribution in [-0.4, -0.2) is 51.5 Å². The van der Waals surface area contributed by atoms with Crippen molar-refractivity contribution in [2.24, 2.45) is 9.98 Å². The van der Waals surface area contributed by atoms with Gasteiger partial charge in [0.1, 0.15) is 20.2 Å². The van der Waals surface area contributed by atoms with Crippen LogP contribution in [0.2, 0.25) is 0 Å². The van der Waals surface area contributed by atoms with Crippen molar-refractivity contribution < 1.29 is 25.9 Å². The first-order valence-electron chi connectivity index (χ1n) is 11.8. The number of aliphatic imine (C=N–C) groups is 2. The number of nitrogens with zero attached hydrogens (tertiary/aromatic N) is 3. The molecule has 0 saturated carbocycles. The summed E-state index contributed by atoms with van der Waals surface area (Å²) in [6.07, 6.45) is 3.33. The number of fused-ring (bicyclic) bond motifs is 2. The summed E-state index contributed by atoms with van der Waals surface area (Å²) in [6, 6.07) is 18.4. The average Bonchev–Trinajstić information content (AvgIpc) is 2.90. The molecule has 0 atom stereocenters. The highest BCUT2D eigenvalue weighted by Crippen LogP contribution is 2.34. The van der Waals surface area contributed by atoms with Gasteiger partial charge in [0, 0.05) is 47.4 Å². The molecule has 12 heteroatoms. The molecule has 0 bridgehead atoms. The Morgan fingerprint density at radius 1 is 0.675 bits per heavy atom. The lowest BCUT2D eigenvalue weighted by Crippen LogP contribution is -2.14. The minimum Gasteiger partial charge on any atom is -0.744 e. The standard InChI is InChI=1S/C28H24N4O6S2/c1-32(2)18-5-3-17(4-6-18)30-27-14-13-26(22-10-8-20(16-24(22)27)40(36,37)38)31-28-12-11-25(29)21-9-7-19(15-23(21)28)39(33,34)35/h3-16H,29H2,1-2H3,(H,33,34,35)(H,36,37,38)/p-2. The molecule has 40 heavy (non-hydrogen) atoms. The Labute approximate surface area is 231 Å². The molecule has 0 radical (unpaired) electrons. The Bertz CT molecular complexity index is 1980. The molecular weight excluding hydrogens is 552 g/mol. The Morgan fingerprint density at radius 3 is 1.90 bits per heavy atom. The van der Waals surface area contributed by atoms with Crippen molar-refractivity contribution in [1.29, 1.82) is 0 Å². The molecule has 1 aliphatic carbocycles. The van der Waals surface area contributed by atoms with E-state index in [2.05, 4.69) is 4.99 Å². The predicted molar refractivity (Wildman–Crippen MR) is 153 cm³/mol. The van der Waals surface area contributed by atoms with Gasteiger partial charge < -0.3 is 19.7 Å². The summed E-state index contributed by atoms with van der Waals surface area (Å²) in [6.45, 7) is 0. The number of nitrogens with two attached hydrogens (primary N) is 1. The summed E-state index contributed by atoms with van der Waals surface area (Å²) in [5, 5.41) is 0.851. The van der Waals surface area contributed by atoms with Gasteiger partial charge in [-0.1, -0.05) is 12.1 Å². The van der Waals surface area contributed by atoms with Crippen LogP contribution in [0.5, 0.6) is 0 Å². The number of nitrogen functional groups attached to an aromatic ring is 1. The summed E-state index contributed by atoms with van der Waals surface area (Å²) in [4.78, 5) is 10.5. The Morgan fingerprint density at radius 2 is 1.27 bits per heavy atom. The molecular formula is C28H22N4O6S2-2. The SMILES string of the molecule is CN(C)c1ccc(N=C2C=CC(=Nc3ccc(N)c4ccc(S(=O)(=O)[O-])cc34)c3ccc(S(=O)(=O)[O-])cc32)cc1. The Kier molecular flexibility index (Phi) is 6.80. The van der Waals surface area contributed by atoms with Crippen molar-refractivity contribution in [2.45, 2.75) is 9.79 Å². The first-order valence-corrected chi connectivity index (χ1v) is 14.6. The molecule has 0 fully saturated rings. The number of hydrogen-bond acceptors (Lipinski definition) is 10. The summed E-state index contributed by atoms with van der Waals surface area (Å²) < 4.78 is 70.4. The Hall–Kier alpha value is -4.36. The number of rotatable bonds is 5. The second-order valence-corrected chi connectivity index (χ2v) is 12.0. The lowest BCUT2D eigenvalue weighted by Gasteiger charge is -2.18. The average molecular weight is 575 g/mol. The molecule has 0 spiro atoms. The van der Waals surface area contributed by atoms with Gasteiger partial charge in [-0.25, -0.2) is 26.8 Å². The zero-order valence-corrected chi connectivity index (χ0v) is 22.9. The van der Waals surface area contributed by atoms with Crippen LogP contribution in [0.25, 0.3) is 10.8 Å². The zero-order chi connectivity index (χ0) is 28.8. The van der Waals surface area contributed by atoms with Crippen LogP contribution >= 0.6 is 0 Å². The van der Waals surface area contributed by atoms with Crippen LogP contribution in [0.15, 0.2) is 105 Å². The van der Waals surface area contributed by atoms with Crippen molar-refractivity contribution in [1.82, 2.24) is 0 Å². The van der Waals surface area contributed by atoms with E-state index in [1.807, 2.05) is 43.3 Å². The third-order valence-electron chi connectivity index (χ3n) is 6.37. The molecule has 1 aliphatic rings. The van der Waals surface area contributed by atoms with E-state index < -0.39 is 30.0 Å². The van der Waals surface area contributed by atoms with Gasteiger partial charge in [-0.2, -0.15) is 0 Å². The second kappa shape index (κ2) is 9.99. The van der Waals surface area contributed by atoms with Crippen molar-refractivity contribution in [3.05, 3.63) is 96.1 Å². The highest BCUT2D eigenvalue weighted by atomic mass is 32.2. The van der Waals surface area contributed by atoms with E-state index in [4.69, 9.17) is 10.7 Å². The number of allylic oxidation sites excluding steroid dienone is 2. The van der Waals surface area contributed by atoms with Gasteiger partial charge in [-0.15, -0.1) is 0 Å². The molecule has 0 aliphatic heterocycles. The largest absolute Gasteiger partial charge is 0.744 e. The highest BCUT2D eigenvalue weighted by Gasteiger charge is 2.19. The number of benzene rings is 4.